The second kappa shape index (κ2) is 8.19. The second-order valence-corrected chi connectivity index (χ2v) is 8.38. The number of hydrogen-bond donors (Lipinski definition) is 1. The van der Waals surface area contributed by atoms with Crippen molar-refractivity contribution < 1.29 is 19.4 Å². The maximum atomic E-state index is 12.5. The quantitative estimate of drug-likeness (QED) is 0.854. The van der Waals surface area contributed by atoms with Crippen molar-refractivity contribution in [2.45, 2.75) is 72.1 Å². The SMILES string of the molecule is CCCc1cc(C(=O)O)ccc1N1C[C@H](C)N(C(=O)OC(C)(C)C)C[C@H]1C. The fourth-order valence-corrected chi connectivity index (χ4v) is 3.51. The highest BCUT2D eigenvalue weighted by molar-refractivity contribution is 5.88. The summed E-state index contributed by atoms with van der Waals surface area (Å²) in [5, 5.41) is 9.29. The van der Waals surface area contributed by atoms with Gasteiger partial charge in [0.15, 0.2) is 0 Å². The number of amides is 1. The summed E-state index contributed by atoms with van der Waals surface area (Å²) in [4.78, 5) is 27.9. The first kappa shape index (κ1) is 21.1. The lowest BCUT2D eigenvalue weighted by molar-refractivity contribution is 0.0130. The Morgan fingerprint density at radius 3 is 2.41 bits per heavy atom. The van der Waals surface area contributed by atoms with Crippen LogP contribution in [0.25, 0.3) is 0 Å². The molecule has 1 aromatic carbocycles. The molecular formula is C21H32N2O4. The number of anilines is 1. The van der Waals surface area contributed by atoms with Gasteiger partial charge in [0.1, 0.15) is 5.60 Å². The summed E-state index contributed by atoms with van der Waals surface area (Å²) in [6.45, 7) is 13.1. The number of hydrogen-bond acceptors (Lipinski definition) is 4. The van der Waals surface area contributed by atoms with Crippen LogP contribution in [0.4, 0.5) is 10.5 Å². The Balaban J connectivity index is 2.24. The Hall–Kier alpha value is -2.24. The third-order valence-corrected chi connectivity index (χ3v) is 4.77. The fourth-order valence-electron chi connectivity index (χ4n) is 3.51. The summed E-state index contributed by atoms with van der Waals surface area (Å²) >= 11 is 0. The molecule has 1 aromatic rings. The minimum Gasteiger partial charge on any atom is -0.478 e. The van der Waals surface area contributed by atoms with E-state index in [4.69, 9.17) is 4.74 Å². The van der Waals surface area contributed by atoms with E-state index in [0.717, 1.165) is 24.1 Å². The van der Waals surface area contributed by atoms with E-state index in [1.807, 2.05) is 33.8 Å². The van der Waals surface area contributed by atoms with Crippen LogP contribution in [0.5, 0.6) is 0 Å². The van der Waals surface area contributed by atoms with Crippen molar-refractivity contribution in [2.75, 3.05) is 18.0 Å². The highest BCUT2D eigenvalue weighted by atomic mass is 16.6. The van der Waals surface area contributed by atoms with Gasteiger partial charge in [-0.2, -0.15) is 0 Å². The van der Waals surface area contributed by atoms with E-state index in [-0.39, 0.29) is 18.2 Å². The number of piperazine rings is 1. The molecule has 0 spiro atoms. The van der Waals surface area contributed by atoms with Gasteiger partial charge in [-0.05, 0) is 64.8 Å². The van der Waals surface area contributed by atoms with Crippen LogP contribution in [-0.2, 0) is 11.2 Å². The van der Waals surface area contributed by atoms with Crippen LogP contribution in [0.15, 0.2) is 18.2 Å². The highest BCUT2D eigenvalue weighted by Crippen LogP contribution is 2.29. The van der Waals surface area contributed by atoms with Crippen LogP contribution < -0.4 is 4.90 Å². The Labute approximate surface area is 162 Å². The molecule has 1 N–H and O–H groups in total. The summed E-state index contributed by atoms with van der Waals surface area (Å²) < 4.78 is 5.54. The second-order valence-electron chi connectivity index (χ2n) is 8.38. The van der Waals surface area contributed by atoms with Gasteiger partial charge in [0.2, 0.25) is 0 Å². The van der Waals surface area contributed by atoms with Crippen molar-refractivity contribution in [3.8, 4) is 0 Å². The maximum Gasteiger partial charge on any atom is 0.410 e. The van der Waals surface area contributed by atoms with E-state index in [9.17, 15) is 14.7 Å². The summed E-state index contributed by atoms with van der Waals surface area (Å²) in [5.74, 6) is -0.907. The van der Waals surface area contributed by atoms with Gasteiger partial charge in [-0.1, -0.05) is 13.3 Å². The van der Waals surface area contributed by atoms with Crippen LogP contribution in [0, 0.1) is 0 Å². The van der Waals surface area contributed by atoms with E-state index >= 15 is 0 Å². The average molecular weight is 376 g/mol. The van der Waals surface area contributed by atoms with Crippen molar-refractivity contribution in [3.05, 3.63) is 29.3 Å². The van der Waals surface area contributed by atoms with Gasteiger partial charge in [0.05, 0.1) is 5.56 Å². The number of carbonyl (C=O) groups is 2. The number of ether oxygens (including phenoxy) is 1. The fraction of sp³-hybridized carbons (Fsp3) is 0.619. The van der Waals surface area contributed by atoms with Gasteiger partial charge in [0, 0.05) is 30.9 Å². The molecule has 27 heavy (non-hydrogen) atoms. The van der Waals surface area contributed by atoms with Crippen molar-refractivity contribution in [1.82, 2.24) is 4.90 Å². The van der Waals surface area contributed by atoms with E-state index in [1.54, 1.807) is 17.0 Å². The smallest absolute Gasteiger partial charge is 0.410 e. The average Bonchev–Trinajstić information content (AvgIpc) is 2.55. The monoisotopic (exact) mass is 376 g/mol. The first-order valence-corrected chi connectivity index (χ1v) is 9.66. The van der Waals surface area contributed by atoms with Crippen LogP contribution in [0.1, 0.15) is 63.9 Å². The number of carboxylic acids is 1. The van der Waals surface area contributed by atoms with Gasteiger partial charge in [-0.3, -0.25) is 0 Å². The van der Waals surface area contributed by atoms with E-state index in [1.165, 1.54) is 0 Å². The number of carbonyl (C=O) groups excluding carboxylic acids is 1. The molecular weight excluding hydrogens is 344 g/mol. The number of rotatable bonds is 4. The summed E-state index contributed by atoms with van der Waals surface area (Å²) in [5.41, 5.74) is 1.90. The molecule has 0 aromatic heterocycles. The molecule has 1 saturated heterocycles. The molecule has 1 aliphatic rings. The number of carboxylic acid groups (broad SMARTS) is 1. The molecule has 2 atom stereocenters. The molecule has 1 heterocycles. The maximum absolute atomic E-state index is 12.5. The molecule has 0 aliphatic carbocycles. The molecule has 1 amide bonds. The van der Waals surface area contributed by atoms with E-state index in [2.05, 4.69) is 18.7 Å². The van der Waals surface area contributed by atoms with Crippen LogP contribution in [-0.4, -0.2) is 52.8 Å². The predicted molar refractivity (Wildman–Crippen MR) is 107 cm³/mol. The van der Waals surface area contributed by atoms with Gasteiger partial charge in [0.25, 0.3) is 0 Å². The van der Waals surface area contributed by atoms with Crippen molar-refractivity contribution >= 4 is 17.7 Å². The zero-order chi connectivity index (χ0) is 20.4. The zero-order valence-electron chi connectivity index (χ0n) is 17.3. The number of nitrogens with zero attached hydrogens (tertiary/aromatic N) is 2. The minimum atomic E-state index is -0.907. The molecule has 1 fully saturated rings. The summed E-state index contributed by atoms with van der Waals surface area (Å²) in [7, 11) is 0. The zero-order valence-corrected chi connectivity index (χ0v) is 17.3. The summed E-state index contributed by atoms with van der Waals surface area (Å²) in [6.07, 6.45) is 1.48. The number of benzene rings is 1. The van der Waals surface area contributed by atoms with Gasteiger partial charge in [-0.25, -0.2) is 9.59 Å². The standard InChI is InChI=1S/C21H32N2O4/c1-7-8-16-11-17(19(24)25)9-10-18(16)22-12-15(3)23(13-14(22)2)20(26)27-21(4,5)6/h9-11,14-15H,7-8,12-13H2,1-6H3,(H,24,25)/t14-,15+/m1/s1. The third-order valence-electron chi connectivity index (χ3n) is 4.77. The molecule has 0 unspecified atom stereocenters. The lowest BCUT2D eigenvalue weighted by Crippen LogP contribution is -2.59. The number of aromatic carboxylic acids is 1. The van der Waals surface area contributed by atoms with E-state index < -0.39 is 11.6 Å². The first-order valence-electron chi connectivity index (χ1n) is 9.66. The van der Waals surface area contributed by atoms with Gasteiger partial charge < -0.3 is 19.6 Å². The Morgan fingerprint density at radius 1 is 1.19 bits per heavy atom. The predicted octanol–water partition coefficient (Wildman–Crippen LogP) is 4.17. The molecule has 6 nitrogen and oxygen atoms in total. The molecule has 0 saturated carbocycles. The third kappa shape index (κ3) is 5.15. The van der Waals surface area contributed by atoms with Crippen LogP contribution in [0.2, 0.25) is 0 Å². The highest BCUT2D eigenvalue weighted by Gasteiger charge is 2.35. The van der Waals surface area contributed by atoms with E-state index in [0.29, 0.717) is 18.7 Å². The van der Waals surface area contributed by atoms with Crippen LogP contribution >= 0.6 is 0 Å². The van der Waals surface area contributed by atoms with Crippen molar-refractivity contribution in [1.29, 1.82) is 0 Å². The lowest BCUT2D eigenvalue weighted by Gasteiger charge is -2.45. The first-order chi connectivity index (χ1) is 12.5. The van der Waals surface area contributed by atoms with Gasteiger partial charge in [-0.15, -0.1) is 0 Å². The van der Waals surface area contributed by atoms with Crippen molar-refractivity contribution in [3.63, 3.8) is 0 Å². The molecule has 1 aliphatic heterocycles. The summed E-state index contributed by atoms with van der Waals surface area (Å²) in [6, 6.07) is 5.46. The van der Waals surface area contributed by atoms with Gasteiger partial charge >= 0.3 is 12.1 Å². The lowest BCUT2D eigenvalue weighted by atomic mass is 10.00. The number of aryl methyl sites for hydroxylation is 1. The topological polar surface area (TPSA) is 70.1 Å². The minimum absolute atomic E-state index is 0.00433. The molecule has 0 radical (unpaired) electrons. The normalized spacial score (nSPS) is 20.5. The molecule has 6 heteroatoms. The molecule has 150 valence electrons. The molecule has 0 bridgehead atoms. The van der Waals surface area contributed by atoms with Crippen LogP contribution in [0.3, 0.4) is 0 Å². The Kier molecular flexibility index (Phi) is 6.39. The molecule has 2 rings (SSSR count). The van der Waals surface area contributed by atoms with Crippen molar-refractivity contribution in [2.24, 2.45) is 0 Å². The Morgan fingerprint density at radius 2 is 1.85 bits per heavy atom. The largest absolute Gasteiger partial charge is 0.478 e. The Bertz CT molecular complexity index is 696.